The van der Waals surface area contributed by atoms with E-state index in [2.05, 4.69) is 145 Å². The SMILES string of the molecule is CC1CC=CC(c2ccc3[nH]c4ccccc4c3c2)=C1Nc1cccc(CN=CC(N)c2ccc(-c3ccccc3)cc2)c1. The predicted molar refractivity (Wildman–Crippen MR) is 187 cm³/mol. The summed E-state index contributed by atoms with van der Waals surface area (Å²) in [4.78, 5) is 8.26. The Morgan fingerprint density at radius 3 is 2.41 bits per heavy atom. The lowest BCUT2D eigenvalue weighted by molar-refractivity contribution is 0.695. The molecule has 4 heteroatoms. The minimum absolute atomic E-state index is 0.252. The highest BCUT2D eigenvalue weighted by molar-refractivity contribution is 6.08. The molecule has 0 amide bonds. The van der Waals surface area contributed by atoms with Crippen LogP contribution in [0, 0.1) is 5.92 Å². The average molecular weight is 573 g/mol. The maximum atomic E-state index is 6.47. The van der Waals surface area contributed by atoms with Crippen LogP contribution < -0.4 is 11.1 Å². The maximum Gasteiger partial charge on any atom is 0.0651 e. The third-order valence-corrected chi connectivity index (χ3v) is 8.52. The summed E-state index contributed by atoms with van der Waals surface area (Å²) in [5.41, 5.74) is 18.1. The van der Waals surface area contributed by atoms with Crippen molar-refractivity contribution >= 4 is 39.3 Å². The monoisotopic (exact) mass is 572 g/mol. The first-order valence-corrected chi connectivity index (χ1v) is 15.3. The van der Waals surface area contributed by atoms with Gasteiger partial charge in [0.05, 0.1) is 12.6 Å². The van der Waals surface area contributed by atoms with Gasteiger partial charge in [-0.05, 0) is 64.6 Å². The van der Waals surface area contributed by atoms with E-state index < -0.39 is 0 Å². The van der Waals surface area contributed by atoms with Crippen LogP contribution in [0.25, 0.3) is 38.5 Å². The molecule has 4 N–H and O–H groups in total. The van der Waals surface area contributed by atoms with Gasteiger partial charge < -0.3 is 16.0 Å². The van der Waals surface area contributed by atoms with E-state index in [-0.39, 0.29) is 6.04 Å². The lowest BCUT2D eigenvalue weighted by Gasteiger charge is -2.24. The van der Waals surface area contributed by atoms with E-state index in [0.29, 0.717) is 12.5 Å². The standard InChI is InChI=1S/C40H36N4/c1-27-9-7-15-34(32-21-22-39-36(24-32)35-14-5-6-16-38(35)44-39)40(27)43-33-13-8-10-28(23-33)25-42-26-37(41)31-19-17-30(18-20-31)29-11-3-2-4-12-29/h2-8,10-24,26-27,37,43-44H,9,25,41H2,1H3. The molecule has 2 atom stereocenters. The van der Waals surface area contributed by atoms with Gasteiger partial charge in [0.1, 0.15) is 0 Å². The Morgan fingerprint density at radius 1 is 0.795 bits per heavy atom. The fourth-order valence-electron chi connectivity index (χ4n) is 6.11. The molecule has 7 rings (SSSR count). The number of hydrogen-bond acceptors (Lipinski definition) is 3. The van der Waals surface area contributed by atoms with E-state index in [1.54, 1.807) is 0 Å². The van der Waals surface area contributed by atoms with Gasteiger partial charge in [0, 0.05) is 50.9 Å². The Kier molecular flexibility index (Phi) is 7.66. The van der Waals surface area contributed by atoms with Gasteiger partial charge in [-0.2, -0.15) is 0 Å². The summed E-state index contributed by atoms with van der Waals surface area (Å²) in [5, 5.41) is 6.29. The summed E-state index contributed by atoms with van der Waals surface area (Å²) in [6.07, 6.45) is 7.41. The van der Waals surface area contributed by atoms with E-state index in [1.165, 1.54) is 44.2 Å². The van der Waals surface area contributed by atoms with Crippen LogP contribution in [0.1, 0.15) is 36.1 Å². The zero-order valence-electron chi connectivity index (χ0n) is 24.9. The molecular formula is C40H36N4. The Hall–Kier alpha value is -5.19. The number of aliphatic imine (C=N–C) groups is 1. The summed E-state index contributed by atoms with van der Waals surface area (Å²) >= 11 is 0. The maximum absolute atomic E-state index is 6.47. The molecule has 1 aromatic heterocycles. The largest absolute Gasteiger partial charge is 0.358 e. The second-order valence-corrected chi connectivity index (χ2v) is 11.6. The third kappa shape index (κ3) is 5.72. The minimum atomic E-state index is -0.252. The van der Waals surface area contributed by atoms with E-state index in [1.807, 2.05) is 12.3 Å². The normalized spacial score (nSPS) is 15.8. The van der Waals surface area contributed by atoms with E-state index in [4.69, 9.17) is 10.7 Å². The highest BCUT2D eigenvalue weighted by atomic mass is 14.9. The van der Waals surface area contributed by atoms with Crippen molar-refractivity contribution in [1.29, 1.82) is 0 Å². The van der Waals surface area contributed by atoms with Crippen molar-refractivity contribution < 1.29 is 0 Å². The molecular weight excluding hydrogens is 536 g/mol. The molecule has 1 aliphatic rings. The molecule has 0 fully saturated rings. The number of nitrogens with two attached hydrogens (primary N) is 1. The van der Waals surface area contributed by atoms with Crippen molar-refractivity contribution in [2.45, 2.75) is 25.9 Å². The molecule has 5 aromatic carbocycles. The summed E-state index contributed by atoms with van der Waals surface area (Å²) < 4.78 is 0. The van der Waals surface area contributed by atoms with Crippen molar-refractivity contribution in [1.82, 2.24) is 4.98 Å². The lowest BCUT2D eigenvalue weighted by atomic mass is 9.89. The molecule has 216 valence electrons. The lowest BCUT2D eigenvalue weighted by Crippen LogP contribution is -2.14. The van der Waals surface area contributed by atoms with Crippen LogP contribution in [0.3, 0.4) is 0 Å². The smallest absolute Gasteiger partial charge is 0.0651 e. The number of nitrogens with zero attached hydrogens (tertiary/aromatic N) is 1. The predicted octanol–water partition coefficient (Wildman–Crippen LogP) is 9.68. The third-order valence-electron chi connectivity index (χ3n) is 8.52. The molecule has 0 bridgehead atoms. The second-order valence-electron chi connectivity index (χ2n) is 11.6. The van der Waals surface area contributed by atoms with Gasteiger partial charge in [-0.3, -0.25) is 4.99 Å². The number of benzene rings is 5. The fraction of sp³-hybridized carbons (Fsp3) is 0.125. The summed E-state index contributed by atoms with van der Waals surface area (Å²) in [5.74, 6) is 0.377. The van der Waals surface area contributed by atoms with Crippen molar-refractivity contribution in [3.8, 4) is 11.1 Å². The van der Waals surface area contributed by atoms with E-state index >= 15 is 0 Å². The van der Waals surface area contributed by atoms with Crippen LogP contribution in [0.4, 0.5) is 5.69 Å². The molecule has 0 saturated heterocycles. The van der Waals surface area contributed by atoms with E-state index in [9.17, 15) is 0 Å². The average Bonchev–Trinajstić information content (AvgIpc) is 3.44. The fourth-order valence-corrected chi connectivity index (χ4v) is 6.11. The zero-order chi connectivity index (χ0) is 29.9. The van der Waals surface area contributed by atoms with Gasteiger partial charge in [0.15, 0.2) is 0 Å². The molecule has 0 radical (unpaired) electrons. The van der Waals surface area contributed by atoms with Crippen molar-refractivity contribution in [3.63, 3.8) is 0 Å². The number of allylic oxidation sites excluding steroid dienone is 4. The number of hydrogen-bond donors (Lipinski definition) is 3. The molecule has 0 aliphatic heterocycles. The second kappa shape index (κ2) is 12.2. The van der Waals surface area contributed by atoms with Gasteiger partial charge in [-0.15, -0.1) is 0 Å². The van der Waals surface area contributed by atoms with Gasteiger partial charge in [-0.25, -0.2) is 0 Å². The molecule has 4 nitrogen and oxygen atoms in total. The molecule has 44 heavy (non-hydrogen) atoms. The number of anilines is 1. The topological polar surface area (TPSA) is 66.2 Å². The van der Waals surface area contributed by atoms with Crippen LogP contribution in [0.2, 0.25) is 0 Å². The number of aromatic amines is 1. The first-order chi connectivity index (χ1) is 21.6. The van der Waals surface area contributed by atoms with E-state index in [0.717, 1.165) is 28.8 Å². The molecule has 1 heterocycles. The Balaban J connectivity index is 1.08. The first kappa shape index (κ1) is 27.6. The molecule has 0 spiro atoms. The zero-order valence-corrected chi connectivity index (χ0v) is 24.9. The summed E-state index contributed by atoms with van der Waals surface area (Å²) in [6.45, 7) is 2.86. The number of aromatic nitrogens is 1. The Labute approximate surface area is 258 Å². The Morgan fingerprint density at radius 2 is 1.55 bits per heavy atom. The van der Waals surface area contributed by atoms with Gasteiger partial charge in [0.2, 0.25) is 0 Å². The minimum Gasteiger partial charge on any atom is -0.358 e. The molecule has 6 aromatic rings. The van der Waals surface area contributed by atoms with Gasteiger partial charge >= 0.3 is 0 Å². The van der Waals surface area contributed by atoms with Gasteiger partial charge in [-0.1, -0.05) is 110 Å². The summed E-state index contributed by atoms with van der Waals surface area (Å²) in [6, 6.07) is 42.3. The van der Waals surface area contributed by atoms with Crippen molar-refractivity contribution in [2.24, 2.45) is 16.6 Å². The Bertz CT molecular complexity index is 2010. The molecule has 1 aliphatic carbocycles. The highest BCUT2D eigenvalue weighted by Crippen LogP contribution is 2.35. The molecule has 0 saturated carbocycles. The highest BCUT2D eigenvalue weighted by Gasteiger charge is 2.18. The van der Waals surface area contributed by atoms with Crippen LogP contribution >= 0.6 is 0 Å². The van der Waals surface area contributed by atoms with Crippen LogP contribution in [-0.2, 0) is 6.54 Å². The van der Waals surface area contributed by atoms with Gasteiger partial charge in [0.25, 0.3) is 0 Å². The van der Waals surface area contributed by atoms with Crippen molar-refractivity contribution in [2.75, 3.05) is 5.32 Å². The number of fused-ring (bicyclic) bond motifs is 3. The van der Waals surface area contributed by atoms with Crippen LogP contribution in [0.15, 0.2) is 144 Å². The first-order valence-electron chi connectivity index (χ1n) is 15.3. The van der Waals surface area contributed by atoms with Crippen LogP contribution in [0.5, 0.6) is 0 Å². The number of nitrogens with one attached hydrogen (secondary N) is 2. The van der Waals surface area contributed by atoms with Crippen LogP contribution in [-0.4, -0.2) is 11.2 Å². The number of para-hydroxylation sites is 1. The van der Waals surface area contributed by atoms with Crippen molar-refractivity contribution in [3.05, 3.63) is 156 Å². The number of rotatable bonds is 8. The summed E-state index contributed by atoms with van der Waals surface area (Å²) in [7, 11) is 0. The molecule has 2 unspecified atom stereocenters. The quantitative estimate of drug-likeness (QED) is 0.159. The number of H-pyrrole nitrogens is 1.